The zero-order valence-corrected chi connectivity index (χ0v) is 17.5. The molecule has 1 heterocycles. The van der Waals surface area contributed by atoms with Crippen molar-refractivity contribution in [1.29, 1.82) is 0 Å². The van der Waals surface area contributed by atoms with Gasteiger partial charge in [0.2, 0.25) is 0 Å². The molecule has 1 atom stereocenters. The number of thioether (sulfide) groups is 1. The molecule has 3 rings (SSSR count). The quantitative estimate of drug-likeness (QED) is 0.391. The molecule has 2 aromatic rings. The number of amides is 1. The molecular formula is C22H26N2O4S. The van der Waals surface area contributed by atoms with Gasteiger partial charge >= 0.3 is 0 Å². The maximum absolute atomic E-state index is 12.6. The number of rotatable bonds is 8. The number of benzene rings is 2. The van der Waals surface area contributed by atoms with Crippen LogP contribution in [0.2, 0.25) is 0 Å². The number of hydrogen-bond acceptors (Lipinski definition) is 6. The molecule has 7 heteroatoms. The van der Waals surface area contributed by atoms with Crippen molar-refractivity contribution >= 4 is 35.0 Å². The topological polar surface area (TPSA) is 90.8 Å². The summed E-state index contributed by atoms with van der Waals surface area (Å²) in [6, 6.07) is 11.0. The van der Waals surface area contributed by atoms with E-state index in [-0.39, 0.29) is 24.3 Å². The van der Waals surface area contributed by atoms with Gasteiger partial charge in [0.1, 0.15) is 24.2 Å². The summed E-state index contributed by atoms with van der Waals surface area (Å²) in [7, 11) is 0. The summed E-state index contributed by atoms with van der Waals surface area (Å²) in [5, 5.41) is 26.4. The number of ether oxygens (including phenoxy) is 1. The lowest BCUT2D eigenvalue weighted by Gasteiger charge is -2.16. The van der Waals surface area contributed by atoms with E-state index in [4.69, 9.17) is 4.74 Å². The zero-order chi connectivity index (χ0) is 21.0. The summed E-state index contributed by atoms with van der Waals surface area (Å²) in [5.74, 6) is 0.363. The molecule has 0 saturated heterocycles. The third-order valence-corrected chi connectivity index (χ3v) is 5.24. The Bertz CT molecular complexity index is 927. The van der Waals surface area contributed by atoms with E-state index in [9.17, 15) is 15.0 Å². The van der Waals surface area contributed by atoms with Gasteiger partial charge in [-0.15, -0.1) is 11.8 Å². The Morgan fingerprint density at radius 1 is 1.28 bits per heavy atom. The molecule has 4 N–H and O–H groups in total. The van der Waals surface area contributed by atoms with Gasteiger partial charge in [-0.3, -0.25) is 4.79 Å². The summed E-state index contributed by atoms with van der Waals surface area (Å²) in [6.07, 6.45) is 2.92. The second-order valence-electron chi connectivity index (χ2n) is 7.14. The highest BCUT2D eigenvalue weighted by Crippen LogP contribution is 2.40. The number of aliphatic hydroxyl groups is 1. The van der Waals surface area contributed by atoms with Crippen LogP contribution in [0.5, 0.6) is 11.5 Å². The molecule has 0 fully saturated rings. The Hall–Kier alpha value is -2.48. The SMILES string of the molecule is CSc1ccc(C=C2C(=O)Nc3cccc(OCC(O)CNC(C)C)c32)c(O)c1. The molecular weight excluding hydrogens is 388 g/mol. The first-order valence-corrected chi connectivity index (χ1v) is 10.7. The van der Waals surface area contributed by atoms with E-state index in [0.717, 1.165) is 4.90 Å². The monoisotopic (exact) mass is 414 g/mol. The minimum Gasteiger partial charge on any atom is -0.507 e. The van der Waals surface area contributed by atoms with Crippen LogP contribution in [-0.2, 0) is 4.79 Å². The van der Waals surface area contributed by atoms with Crippen molar-refractivity contribution in [2.75, 3.05) is 24.7 Å². The molecule has 1 aliphatic heterocycles. The third-order valence-electron chi connectivity index (χ3n) is 4.52. The molecule has 1 amide bonds. The van der Waals surface area contributed by atoms with Crippen molar-refractivity contribution < 1.29 is 19.7 Å². The lowest BCUT2D eigenvalue weighted by molar-refractivity contribution is -0.110. The molecule has 6 nitrogen and oxygen atoms in total. The molecule has 2 aromatic carbocycles. The van der Waals surface area contributed by atoms with Crippen LogP contribution in [0.4, 0.5) is 5.69 Å². The molecule has 29 heavy (non-hydrogen) atoms. The Kier molecular flexibility index (Phi) is 6.84. The Labute approximate surface area is 175 Å². The van der Waals surface area contributed by atoms with Crippen LogP contribution < -0.4 is 15.4 Å². The smallest absolute Gasteiger partial charge is 0.256 e. The molecule has 0 aliphatic carbocycles. The standard InChI is InChI=1S/C22H26N2O4S/c1-13(2)23-11-15(25)12-28-20-6-4-5-18-21(20)17(22(27)24-18)9-14-7-8-16(29-3)10-19(14)26/h4-10,13,15,23,25-26H,11-12H2,1-3H3,(H,24,27). The Balaban J connectivity index is 1.86. The fraction of sp³-hybridized carbons (Fsp3) is 0.318. The number of aromatic hydroxyl groups is 1. The first-order chi connectivity index (χ1) is 13.9. The number of phenols is 1. The molecule has 0 saturated carbocycles. The van der Waals surface area contributed by atoms with E-state index >= 15 is 0 Å². The van der Waals surface area contributed by atoms with Crippen LogP contribution in [0.25, 0.3) is 11.6 Å². The summed E-state index contributed by atoms with van der Waals surface area (Å²) in [6.45, 7) is 4.54. The third kappa shape index (κ3) is 5.12. The van der Waals surface area contributed by atoms with Gasteiger partial charge in [0.15, 0.2) is 0 Å². The zero-order valence-electron chi connectivity index (χ0n) is 16.7. The van der Waals surface area contributed by atoms with Crippen LogP contribution in [0, 0.1) is 0 Å². The molecule has 0 aromatic heterocycles. The summed E-state index contributed by atoms with van der Waals surface area (Å²) in [4.78, 5) is 13.5. The molecule has 0 radical (unpaired) electrons. The average molecular weight is 415 g/mol. The van der Waals surface area contributed by atoms with Crippen LogP contribution in [0.1, 0.15) is 25.0 Å². The van der Waals surface area contributed by atoms with Crippen molar-refractivity contribution in [2.45, 2.75) is 30.9 Å². The van der Waals surface area contributed by atoms with E-state index in [1.807, 2.05) is 26.2 Å². The first kappa shape index (κ1) is 21.2. The number of nitrogens with one attached hydrogen (secondary N) is 2. The number of anilines is 1. The second kappa shape index (κ2) is 9.35. The maximum atomic E-state index is 12.6. The van der Waals surface area contributed by atoms with Gasteiger partial charge in [0, 0.05) is 23.0 Å². The van der Waals surface area contributed by atoms with E-state index < -0.39 is 6.10 Å². The van der Waals surface area contributed by atoms with Gasteiger partial charge in [0.25, 0.3) is 5.91 Å². The Morgan fingerprint density at radius 3 is 2.76 bits per heavy atom. The predicted octanol–water partition coefficient (Wildman–Crippen LogP) is 3.34. The van der Waals surface area contributed by atoms with Gasteiger partial charge in [-0.05, 0) is 36.6 Å². The normalized spacial score (nSPS) is 15.5. The van der Waals surface area contributed by atoms with Crippen molar-refractivity contribution in [1.82, 2.24) is 5.32 Å². The lowest BCUT2D eigenvalue weighted by atomic mass is 10.0. The van der Waals surface area contributed by atoms with Crippen LogP contribution >= 0.6 is 11.8 Å². The highest BCUT2D eigenvalue weighted by molar-refractivity contribution is 7.98. The largest absolute Gasteiger partial charge is 0.507 e. The minimum atomic E-state index is -0.672. The summed E-state index contributed by atoms with van der Waals surface area (Å²) in [5.41, 5.74) is 2.25. The highest BCUT2D eigenvalue weighted by atomic mass is 32.2. The van der Waals surface area contributed by atoms with E-state index in [2.05, 4.69) is 10.6 Å². The average Bonchev–Trinajstić information content (AvgIpc) is 3.01. The number of phenolic OH excluding ortho intramolecular Hbond substituents is 1. The summed E-state index contributed by atoms with van der Waals surface area (Å²) < 4.78 is 5.84. The van der Waals surface area contributed by atoms with Gasteiger partial charge in [-0.25, -0.2) is 0 Å². The molecule has 0 spiro atoms. The first-order valence-electron chi connectivity index (χ1n) is 9.46. The van der Waals surface area contributed by atoms with Crippen molar-refractivity contribution in [2.24, 2.45) is 0 Å². The summed E-state index contributed by atoms with van der Waals surface area (Å²) >= 11 is 1.53. The number of aliphatic hydroxyl groups excluding tert-OH is 1. The maximum Gasteiger partial charge on any atom is 0.256 e. The van der Waals surface area contributed by atoms with Crippen molar-refractivity contribution in [3.05, 3.63) is 47.5 Å². The van der Waals surface area contributed by atoms with Crippen molar-refractivity contribution in [3.63, 3.8) is 0 Å². The number of carbonyl (C=O) groups excluding carboxylic acids is 1. The fourth-order valence-electron chi connectivity index (χ4n) is 3.02. The second-order valence-corrected chi connectivity index (χ2v) is 8.02. The van der Waals surface area contributed by atoms with Gasteiger partial charge in [0.05, 0.1) is 16.8 Å². The van der Waals surface area contributed by atoms with E-state index in [0.29, 0.717) is 34.7 Å². The highest BCUT2D eigenvalue weighted by Gasteiger charge is 2.28. The van der Waals surface area contributed by atoms with Gasteiger partial charge < -0.3 is 25.6 Å². The number of fused-ring (bicyclic) bond motifs is 1. The lowest BCUT2D eigenvalue weighted by Crippen LogP contribution is -2.35. The van der Waals surface area contributed by atoms with Crippen molar-refractivity contribution in [3.8, 4) is 11.5 Å². The van der Waals surface area contributed by atoms with Crippen LogP contribution in [0.15, 0.2) is 41.3 Å². The molecule has 154 valence electrons. The van der Waals surface area contributed by atoms with Gasteiger partial charge in [-0.1, -0.05) is 26.0 Å². The molecule has 1 unspecified atom stereocenters. The molecule has 1 aliphatic rings. The van der Waals surface area contributed by atoms with Crippen LogP contribution in [-0.4, -0.2) is 47.7 Å². The number of hydrogen-bond donors (Lipinski definition) is 4. The Morgan fingerprint density at radius 2 is 2.07 bits per heavy atom. The van der Waals surface area contributed by atoms with Gasteiger partial charge in [-0.2, -0.15) is 0 Å². The number of carbonyl (C=O) groups is 1. The van der Waals surface area contributed by atoms with Crippen LogP contribution in [0.3, 0.4) is 0 Å². The van der Waals surface area contributed by atoms with E-state index in [1.165, 1.54) is 11.8 Å². The fourth-order valence-corrected chi connectivity index (χ4v) is 3.45. The predicted molar refractivity (Wildman–Crippen MR) is 117 cm³/mol. The minimum absolute atomic E-state index is 0.102. The van der Waals surface area contributed by atoms with E-state index in [1.54, 1.807) is 36.4 Å². The molecule has 0 bridgehead atoms.